The number of carbonyl (C=O) groups is 1. The molecule has 25 heavy (non-hydrogen) atoms. The smallest absolute Gasteiger partial charge is 0.246 e. The zero-order valence-electron chi connectivity index (χ0n) is 13.8. The first-order chi connectivity index (χ1) is 12.2. The molecule has 132 valence electrons. The maximum Gasteiger partial charge on any atom is 0.246 e. The Balaban J connectivity index is 1.54. The van der Waals surface area contributed by atoms with Gasteiger partial charge in [0.05, 0.1) is 32.1 Å². The molecule has 2 aliphatic heterocycles. The van der Waals surface area contributed by atoms with Crippen molar-refractivity contribution in [2.45, 2.75) is 25.9 Å². The Morgan fingerprint density at radius 3 is 2.92 bits per heavy atom. The number of hydroxylamine groups is 2. The maximum absolute atomic E-state index is 13.1. The summed E-state index contributed by atoms with van der Waals surface area (Å²) in [5, 5.41) is 1.47. The van der Waals surface area contributed by atoms with E-state index in [2.05, 4.69) is 14.5 Å². The van der Waals surface area contributed by atoms with Crippen molar-refractivity contribution in [2.75, 3.05) is 24.6 Å². The summed E-state index contributed by atoms with van der Waals surface area (Å²) < 4.78 is 15.3. The minimum absolute atomic E-state index is 0.0121. The Morgan fingerprint density at radius 2 is 2.16 bits per heavy atom. The van der Waals surface area contributed by atoms with E-state index in [0.717, 1.165) is 18.7 Å². The van der Waals surface area contributed by atoms with Gasteiger partial charge in [0, 0.05) is 37.3 Å². The summed E-state index contributed by atoms with van der Waals surface area (Å²) in [7, 11) is 0. The summed E-state index contributed by atoms with van der Waals surface area (Å²) in [6.45, 7) is 3.27. The van der Waals surface area contributed by atoms with Gasteiger partial charge in [0.25, 0.3) is 0 Å². The van der Waals surface area contributed by atoms with Crippen LogP contribution in [-0.4, -0.2) is 45.2 Å². The minimum atomic E-state index is -0.458. The van der Waals surface area contributed by atoms with E-state index in [4.69, 9.17) is 4.84 Å². The molecule has 2 aromatic rings. The highest BCUT2D eigenvalue weighted by atomic mass is 19.1. The van der Waals surface area contributed by atoms with E-state index in [9.17, 15) is 9.18 Å². The van der Waals surface area contributed by atoms with Gasteiger partial charge in [-0.25, -0.2) is 19.4 Å². The van der Waals surface area contributed by atoms with Crippen LogP contribution in [0.2, 0.25) is 0 Å². The Morgan fingerprint density at radius 1 is 1.32 bits per heavy atom. The number of fused-ring (bicyclic) bond motifs is 1. The lowest BCUT2D eigenvalue weighted by Gasteiger charge is -2.24. The molecule has 1 atom stereocenters. The average Bonchev–Trinajstić information content (AvgIpc) is 3.25. The first-order valence-corrected chi connectivity index (χ1v) is 8.49. The second-order valence-corrected chi connectivity index (χ2v) is 6.49. The molecule has 8 heteroatoms. The zero-order chi connectivity index (χ0) is 17.2. The van der Waals surface area contributed by atoms with Gasteiger partial charge in [0.1, 0.15) is 0 Å². The number of rotatable bonds is 3. The summed E-state index contributed by atoms with van der Waals surface area (Å²) in [5.74, 6) is 0.128. The standard InChI is InChI=1S/C17H20FN5O2/c18-14-8-19-17(20-9-14)22-11-13(7-16(24)23-5-2-6-25-23)10-21-4-1-3-15(21)12-22/h1,3-4,8-9,13H,2,5-7,10-12H2/t13-/m0/s1. The first-order valence-electron chi connectivity index (χ1n) is 8.49. The van der Waals surface area contributed by atoms with Gasteiger partial charge < -0.3 is 9.47 Å². The van der Waals surface area contributed by atoms with Gasteiger partial charge in [-0.15, -0.1) is 0 Å². The van der Waals surface area contributed by atoms with Gasteiger partial charge in [-0.05, 0) is 18.6 Å². The fraction of sp³-hybridized carbons (Fsp3) is 0.471. The molecule has 0 aliphatic carbocycles. The number of halogens is 1. The van der Waals surface area contributed by atoms with Crippen LogP contribution in [0.4, 0.5) is 10.3 Å². The molecule has 7 nitrogen and oxygen atoms in total. The predicted octanol–water partition coefficient (Wildman–Crippen LogP) is 1.61. The number of anilines is 1. The number of nitrogens with zero attached hydrogens (tertiary/aromatic N) is 5. The summed E-state index contributed by atoms with van der Waals surface area (Å²) in [5.41, 5.74) is 1.13. The number of hydrogen-bond donors (Lipinski definition) is 0. The second kappa shape index (κ2) is 6.79. The summed E-state index contributed by atoms with van der Waals surface area (Å²) >= 11 is 0. The quantitative estimate of drug-likeness (QED) is 0.846. The van der Waals surface area contributed by atoms with Crippen LogP contribution in [0.1, 0.15) is 18.5 Å². The monoisotopic (exact) mass is 345 g/mol. The van der Waals surface area contributed by atoms with Crippen molar-refractivity contribution in [1.29, 1.82) is 0 Å². The second-order valence-electron chi connectivity index (χ2n) is 6.49. The molecule has 2 aromatic heterocycles. The molecule has 0 unspecified atom stereocenters. The lowest BCUT2D eigenvalue weighted by molar-refractivity contribution is -0.169. The fourth-order valence-electron chi connectivity index (χ4n) is 3.42. The van der Waals surface area contributed by atoms with Crippen LogP contribution in [0.15, 0.2) is 30.7 Å². The Bertz CT molecular complexity index is 742. The lowest BCUT2D eigenvalue weighted by Crippen LogP contribution is -2.34. The van der Waals surface area contributed by atoms with Crippen LogP contribution >= 0.6 is 0 Å². The van der Waals surface area contributed by atoms with Crippen LogP contribution in [0.3, 0.4) is 0 Å². The number of aromatic nitrogens is 3. The molecule has 4 rings (SSSR count). The normalized spacial score (nSPS) is 20.4. The van der Waals surface area contributed by atoms with Crippen LogP contribution in [0.25, 0.3) is 0 Å². The molecule has 0 spiro atoms. The number of amides is 1. The van der Waals surface area contributed by atoms with E-state index < -0.39 is 5.82 Å². The summed E-state index contributed by atoms with van der Waals surface area (Å²) in [6, 6.07) is 4.04. The molecule has 0 N–H and O–H groups in total. The van der Waals surface area contributed by atoms with Crippen molar-refractivity contribution in [3.63, 3.8) is 0 Å². The lowest BCUT2D eigenvalue weighted by atomic mass is 10.0. The summed E-state index contributed by atoms with van der Waals surface area (Å²) in [4.78, 5) is 28.0. The van der Waals surface area contributed by atoms with Gasteiger partial charge in [-0.1, -0.05) is 0 Å². The maximum atomic E-state index is 13.1. The molecule has 4 heterocycles. The van der Waals surface area contributed by atoms with Crippen molar-refractivity contribution in [2.24, 2.45) is 5.92 Å². The molecule has 2 aliphatic rings. The van der Waals surface area contributed by atoms with Gasteiger partial charge in [-0.2, -0.15) is 0 Å². The highest BCUT2D eigenvalue weighted by molar-refractivity contribution is 5.75. The van der Waals surface area contributed by atoms with Crippen molar-refractivity contribution in [3.05, 3.63) is 42.2 Å². The first kappa shape index (κ1) is 16.0. The van der Waals surface area contributed by atoms with Crippen LogP contribution < -0.4 is 4.90 Å². The summed E-state index contributed by atoms with van der Waals surface area (Å²) in [6.07, 6.45) is 5.65. The average molecular weight is 345 g/mol. The molecular formula is C17H20FN5O2. The Labute approximate surface area is 145 Å². The van der Waals surface area contributed by atoms with Crippen LogP contribution in [0, 0.1) is 11.7 Å². The molecular weight excluding hydrogens is 325 g/mol. The van der Waals surface area contributed by atoms with E-state index in [-0.39, 0.29) is 11.8 Å². The van der Waals surface area contributed by atoms with E-state index in [1.165, 1.54) is 17.5 Å². The Hall–Kier alpha value is -2.48. The van der Waals surface area contributed by atoms with Gasteiger partial charge in [0.15, 0.2) is 5.82 Å². The third-order valence-electron chi connectivity index (χ3n) is 4.59. The number of hydrogen-bond acceptors (Lipinski definition) is 5. The number of carbonyl (C=O) groups excluding carboxylic acids is 1. The third kappa shape index (κ3) is 3.48. The van der Waals surface area contributed by atoms with Crippen molar-refractivity contribution in [1.82, 2.24) is 19.6 Å². The predicted molar refractivity (Wildman–Crippen MR) is 87.9 cm³/mol. The van der Waals surface area contributed by atoms with Crippen molar-refractivity contribution >= 4 is 11.9 Å². The minimum Gasteiger partial charge on any atom is -0.349 e. The van der Waals surface area contributed by atoms with E-state index in [1.807, 2.05) is 23.2 Å². The highest BCUT2D eigenvalue weighted by Crippen LogP contribution is 2.23. The highest BCUT2D eigenvalue weighted by Gasteiger charge is 2.28. The third-order valence-corrected chi connectivity index (χ3v) is 4.59. The molecule has 1 saturated heterocycles. The molecule has 1 fully saturated rings. The van der Waals surface area contributed by atoms with Crippen LogP contribution in [-0.2, 0) is 22.7 Å². The molecule has 0 saturated carbocycles. The van der Waals surface area contributed by atoms with Gasteiger partial charge >= 0.3 is 0 Å². The van der Waals surface area contributed by atoms with E-state index in [1.54, 1.807) is 0 Å². The Kier molecular flexibility index (Phi) is 4.35. The van der Waals surface area contributed by atoms with E-state index >= 15 is 0 Å². The molecule has 0 aromatic carbocycles. The zero-order valence-corrected chi connectivity index (χ0v) is 13.8. The molecule has 0 radical (unpaired) electrons. The molecule has 0 bridgehead atoms. The van der Waals surface area contributed by atoms with Crippen molar-refractivity contribution < 1.29 is 14.0 Å². The van der Waals surface area contributed by atoms with Crippen LogP contribution in [0.5, 0.6) is 0 Å². The van der Waals surface area contributed by atoms with Gasteiger partial charge in [0.2, 0.25) is 11.9 Å². The van der Waals surface area contributed by atoms with Crippen molar-refractivity contribution in [3.8, 4) is 0 Å². The van der Waals surface area contributed by atoms with E-state index in [0.29, 0.717) is 38.6 Å². The molecule has 1 amide bonds. The SMILES string of the molecule is O=C(C[C@@H]1CN(c2ncc(F)cn2)Cc2cccn2C1)N1CCCO1. The topological polar surface area (TPSA) is 63.5 Å². The largest absolute Gasteiger partial charge is 0.349 e. The fourth-order valence-corrected chi connectivity index (χ4v) is 3.42. The van der Waals surface area contributed by atoms with Gasteiger partial charge in [-0.3, -0.25) is 9.63 Å².